The van der Waals surface area contributed by atoms with Crippen molar-refractivity contribution in [2.75, 3.05) is 10.8 Å². The van der Waals surface area contributed by atoms with Gasteiger partial charge < -0.3 is 5.32 Å². The van der Waals surface area contributed by atoms with E-state index in [2.05, 4.69) is 5.32 Å². The Hall–Kier alpha value is -3.04. The van der Waals surface area contributed by atoms with Gasteiger partial charge in [0, 0.05) is 0 Å². The summed E-state index contributed by atoms with van der Waals surface area (Å²) in [6, 6.07) is 16.6. The average Bonchev–Trinajstić information content (AvgIpc) is 2.82. The van der Waals surface area contributed by atoms with Crippen molar-refractivity contribution >= 4 is 33.2 Å². The van der Waals surface area contributed by atoms with Gasteiger partial charge in [0.15, 0.2) is 0 Å². The van der Waals surface area contributed by atoms with Crippen molar-refractivity contribution in [1.29, 1.82) is 0 Å². The Balaban J connectivity index is 2.01. The van der Waals surface area contributed by atoms with Crippen LogP contribution in [0.2, 0.25) is 5.02 Å². The Bertz CT molecular complexity index is 1280. The van der Waals surface area contributed by atoms with Crippen LogP contribution in [0.3, 0.4) is 0 Å². The van der Waals surface area contributed by atoms with Crippen LogP contribution >= 0.6 is 11.6 Å². The fraction of sp³-hybridized carbons (Fsp3) is 0.240. The molecule has 0 saturated carbocycles. The minimum Gasteiger partial charge on any atom is -0.348 e. The number of anilines is 1. The molecule has 1 amide bonds. The summed E-state index contributed by atoms with van der Waals surface area (Å²) in [7, 11) is -4.43. The lowest BCUT2D eigenvalue weighted by Crippen LogP contribution is -2.42. The van der Waals surface area contributed by atoms with Crippen molar-refractivity contribution in [1.82, 2.24) is 5.32 Å². The Morgan fingerprint density at radius 3 is 2.23 bits per heavy atom. The van der Waals surface area contributed by atoms with E-state index in [4.69, 9.17) is 11.6 Å². The molecule has 1 atom stereocenters. The maximum Gasteiger partial charge on any atom is 0.416 e. The molecule has 0 aliphatic heterocycles. The molecule has 3 rings (SSSR count). The summed E-state index contributed by atoms with van der Waals surface area (Å²) in [5, 5.41) is 2.54. The van der Waals surface area contributed by atoms with Crippen molar-refractivity contribution in [2.45, 2.75) is 37.4 Å². The van der Waals surface area contributed by atoms with Gasteiger partial charge in [0.1, 0.15) is 6.54 Å². The Labute approximate surface area is 207 Å². The quantitative estimate of drug-likeness (QED) is 0.385. The third kappa shape index (κ3) is 6.35. The number of nitrogens with one attached hydrogen (secondary N) is 1. The minimum atomic E-state index is -4.73. The third-order valence-electron chi connectivity index (χ3n) is 5.38. The first-order valence-electron chi connectivity index (χ1n) is 10.7. The maximum atomic E-state index is 13.5. The highest BCUT2D eigenvalue weighted by Crippen LogP contribution is 2.37. The van der Waals surface area contributed by atoms with Crippen LogP contribution in [0.25, 0.3) is 0 Å². The Morgan fingerprint density at radius 2 is 1.66 bits per heavy atom. The van der Waals surface area contributed by atoms with Crippen LogP contribution in [0.15, 0.2) is 77.7 Å². The number of carbonyl (C=O) groups is 1. The van der Waals surface area contributed by atoms with Crippen molar-refractivity contribution in [3.8, 4) is 0 Å². The summed E-state index contributed by atoms with van der Waals surface area (Å²) in [5.74, 6) is -0.689. The van der Waals surface area contributed by atoms with Gasteiger partial charge in [0.05, 0.1) is 27.2 Å². The molecule has 10 heteroatoms. The molecule has 0 radical (unpaired) electrons. The largest absolute Gasteiger partial charge is 0.416 e. The van der Waals surface area contributed by atoms with Gasteiger partial charge >= 0.3 is 6.18 Å². The Kier molecular flexibility index (Phi) is 8.12. The molecule has 0 aromatic heterocycles. The van der Waals surface area contributed by atoms with Gasteiger partial charge in [-0.25, -0.2) is 8.42 Å². The van der Waals surface area contributed by atoms with E-state index in [-0.39, 0.29) is 9.92 Å². The summed E-state index contributed by atoms with van der Waals surface area (Å²) in [4.78, 5) is 12.8. The molecule has 0 bridgehead atoms. The van der Waals surface area contributed by atoms with E-state index < -0.39 is 45.9 Å². The predicted octanol–water partition coefficient (Wildman–Crippen LogP) is 6.13. The van der Waals surface area contributed by atoms with E-state index in [0.29, 0.717) is 16.8 Å². The number of halogens is 4. The summed E-state index contributed by atoms with van der Waals surface area (Å²) < 4.78 is 67.7. The number of rotatable bonds is 8. The number of alkyl halides is 3. The molecule has 3 aromatic rings. The highest BCUT2D eigenvalue weighted by atomic mass is 35.5. The topological polar surface area (TPSA) is 66.5 Å². The number of benzene rings is 3. The highest BCUT2D eigenvalue weighted by molar-refractivity contribution is 7.92. The van der Waals surface area contributed by atoms with Crippen LogP contribution in [0.1, 0.15) is 36.1 Å². The van der Waals surface area contributed by atoms with Crippen LogP contribution in [-0.2, 0) is 21.0 Å². The van der Waals surface area contributed by atoms with Gasteiger partial charge in [-0.3, -0.25) is 9.10 Å². The fourth-order valence-corrected chi connectivity index (χ4v) is 5.21. The number of hydrogen-bond donors (Lipinski definition) is 1. The van der Waals surface area contributed by atoms with Crippen molar-refractivity contribution in [3.05, 3.63) is 94.5 Å². The first kappa shape index (κ1) is 26.6. The van der Waals surface area contributed by atoms with Gasteiger partial charge in [0.2, 0.25) is 5.91 Å². The number of amides is 1. The number of carbonyl (C=O) groups excluding carboxylic acids is 1. The number of aryl methyl sites for hydroxylation is 1. The van der Waals surface area contributed by atoms with Gasteiger partial charge in [0.25, 0.3) is 10.0 Å². The zero-order valence-electron chi connectivity index (χ0n) is 19.0. The molecule has 0 unspecified atom stereocenters. The predicted molar refractivity (Wildman–Crippen MR) is 130 cm³/mol. The van der Waals surface area contributed by atoms with Crippen molar-refractivity contribution in [3.63, 3.8) is 0 Å². The zero-order valence-corrected chi connectivity index (χ0v) is 20.6. The molecular formula is C25H24ClF3N2O3S. The van der Waals surface area contributed by atoms with Gasteiger partial charge in [-0.05, 0) is 49.2 Å². The standard InChI is InChI=1S/C25H24ClF3N2O3S/c1-3-22(18-11-9-17(2)10-12-18)30-24(32)16-31(35(33,34)20-7-5-4-6-8-20)23-15-19(25(27,28)29)13-14-21(23)26/h4-15,22H,3,16H2,1-2H3,(H,30,32)/t22-/m0/s1. The normalized spacial score (nSPS) is 12.7. The van der Waals surface area contributed by atoms with Gasteiger partial charge in [-0.1, -0.05) is 66.6 Å². The molecule has 0 saturated heterocycles. The molecular weight excluding hydrogens is 501 g/mol. The van der Waals surface area contributed by atoms with E-state index in [1.165, 1.54) is 24.3 Å². The number of hydrogen-bond acceptors (Lipinski definition) is 3. The molecule has 186 valence electrons. The molecule has 0 heterocycles. The lowest BCUT2D eigenvalue weighted by molar-refractivity contribution is -0.137. The zero-order chi connectivity index (χ0) is 25.8. The van der Waals surface area contributed by atoms with E-state index in [0.717, 1.165) is 23.3 Å². The lowest BCUT2D eigenvalue weighted by Gasteiger charge is -2.27. The molecule has 0 spiro atoms. The first-order chi connectivity index (χ1) is 16.4. The van der Waals surface area contributed by atoms with Crippen LogP contribution < -0.4 is 9.62 Å². The minimum absolute atomic E-state index is 0.188. The third-order valence-corrected chi connectivity index (χ3v) is 7.48. The van der Waals surface area contributed by atoms with Crippen molar-refractivity contribution in [2.24, 2.45) is 0 Å². The van der Waals surface area contributed by atoms with E-state index in [9.17, 15) is 26.4 Å². The summed E-state index contributed by atoms with van der Waals surface area (Å²) in [6.45, 7) is 3.02. The number of sulfonamides is 1. The smallest absolute Gasteiger partial charge is 0.348 e. The molecule has 1 N–H and O–H groups in total. The molecule has 5 nitrogen and oxygen atoms in total. The summed E-state index contributed by atoms with van der Waals surface area (Å²) in [6.07, 6.45) is -4.22. The molecule has 0 fully saturated rings. The molecule has 35 heavy (non-hydrogen) atoms. The SMILES string of the molecule is CC[C@H](NC(=O)CN(c1cc(C(F)(F)F)ccc1Cl)S(=O)(=O)c1ccccc1)c1ccc(C)cc1. The second-order valence-electron chi connectivity index (χ2n) is 7.93. The van der Waals surface area contributed by atoms with E-state index in [1.54, 1.807) is 6.07 Å². The van der Waals surface area contributed by atoms with E-state index >= 15 is 0 Å². The Morgan fingerprint density at radius 1 is 1.03 bits per heavy atom. The summed E-state index contributed by atoms with van der Waals surface area (Å²) in [5.41, 5.74) is 0.329. The molecule has 3 aromatic carbocycles. The molecule has 0 aliphatic carbocycles. The fourth-order valence-electron chi connectivity index (χ4n) is 3.49. The maximum absolute atomic E-state index is 13.5. The summed E-state index contributed by atoms with van der Waals surface area (Å²) >= 11 is 6.16. The van der Waals surface area contributed by atoms with Gasteiger partial charge in [-0.15, -0.1) is 0 Å². The molecule has 0 aliphatic rings. The first-order valence-corrected chi connectivity index (χ1v) is 12.6. The number of nitrogens with zero attached hydrogens (tertiary/aromatic N) is 1. The van der Waals surface area contributed by atoms with Crippen LogP contribution in [-0.4, -0.2) is 20.9 Å². The lowest BCUT2D eigenvalue weighted by atomic mass is 10.0. The van der Waals surface area contributed by atoms with Crippen molar-refractivity contribution < 1.29 is 26.4 Å². The average molecular weight is 525 g/mol. The van der Waals surface area contributed by atoms with Crippen LogP contribution in [0, 0.1) is 6.92 Å². The van der Waals surface area contributed by atoms with Crippen LogP contribution in [0.5, 0.6) is 0 Å². The highest BCUT2D eigenvalue weighted by Gasteiger charge is 2.34. The van der Waals surface area contributed by atoms with E-state index in [1.807, 2.05) is 38.1 Å². The monoisotopic (exact) mass is 524 g/mol. The van der Waals surface area contributed by atoms with Gasteiger partial charge in [-0.2, -0.15) is 13.2 Å². The second kappa shape index (κ2) is 10.7. The van der Waals surface area contributed by atoms with Crippen LogP contribution in [0.4, 0.5) is 18.9 Å². The second-order valence-corrected chi connectivity index (χ2v) is 10.2.